The van der Waals surface area contributed by atoms with Crippen LogP contribution in [-0.2, 0) is 17.8 Å². The van der Waals surface area contributed by atoms with E-state index >= 15 is 0 Å². The molecular formula is C20H27N3O2. The molecule has 0 fully saturated rings. The van der Waals surface area contributed by atoms with Gasteiger partial charge in [-0.2, -0.15) is 0 Å². The molecule has 0 aliphatic heterocycles. The van der Waals surface area contributed by atoms with E-state index in [4.69, 9.17) is 10.5 Å². The molecule has 5 heteroatoms. The largest absolute Gasteiger partial charge is 0.497 e. The van der Waals surface area contributed by atoms with Crippen molar-refractivity contribution in [2.75, 3.05) is 33.3 Å². The van der Waals surface area contributed by atoms with E-state index in [9.17, 15) is 4.79 Å². The lowest BCUT2D eigenvalue weighted by molar-refractivity contribution is -0.122. The fourth-order valence-corrected chi connectivity index (χ4v) is 2.59. The zero-order valence-electron chi connectivity index (χ0n) is 14.8. The number of hydrogen-bond donors (Lipinski definition) is 2. The minimum absolute atomic E-state index is 0.0114. The normalized spacial score (nSPS) is 10.7. The molecule has 2 aromatic carbocycles. The Morgan fingerprint density at radius 2 is 1.76 bits per heavy atom. The molecule has 134 valence electrons. The van der Waals surface area contributed by atoms with Crippen LogP contribution in [0.4, 0.5) is 0 Å². The van der Waals surface area contributed by atoms with Crippen LogP contribution in [0.5, 0.6) is 5.75 Å². The summed E-state index contributed by atoms with van der Waals surface area (Å²) >= 11 is 0. The third kappa shape index (κ3) is 6.95. The predicted molar refractivity (Wildman–Crippen MR) is 100 cm³/mol. The van der Waals surface area contributed by atoms with Crippen LogP contribution in [0.25, 0.3) is 0 Å². The number of nitrogens with two attached hydrogens (primary N) is 1. The maximum Gasteiger partial charge on any atom is 0.234 e. The van der Waals surface area contributed by atoms with Crippen LogP contribution in [0.1, 0.15) is 11.1 Å². The molecule has 0 aromatic heterocycles. The van der Waals surface area contributed by atoms with Crippen LogP contribution in [-0.4, -0.2) is 44.1 Å². The second kappa shape index (κ2) is 10.5. The van der Waals surface area contributed by atoms with Crippen LogP contribution >= 0.6 is 0 Å². The maximum atomic E-state index is 12.2. The van der Waals surface area contributed by atoms with Gasteiger partial charge in [-0.15, -0.1) is 0 Å². The Morgan fingerprint density at radius 3 is 2.40 bits per heavy atom. The molecule has 0 saturated heterocycles. The lowest BCUT2D eigenvalue weighted by atomic mass is 10.1. The number of nitrogens with zero attached hydrogens (tertiary/aromatic N) is 1. The number of carbonyl (C=O) groups excluding carboxylic acids is 1. The van der Waals surface area contributed by atoms with Crippen molar-refractivity contribution in [3.8, 4) is 5.75 Å². The van der Waals surface area contributed by atoms with E-state index in [-0.39, 0.29) is 5.91 Å². The summed E-state index contributed by atoms with van der Waals surface area (Å²) in [6, 6.07) is 18.0. The summed E-state index contributed by atoms with van der Waals surface area (Å²) in [5.74, 6) is 0.822. The number of benzene rings is 2. The SMILES string of the molecule is COc1ccc(CNC(=O)CN(CCN)CCc2ccccc2)cc1. The number of carbonyl (C=O) groups is 1. The maximum absolute atomic E-state index is 12.2. The first-order chi connectivity index (χ1) is 12.2. The van der Waals surface area contributed by atoms with Crippen molar-refractivity contribution in [1.82, 2.24) is 10.2 Å². The Morgan fingerprint density at radius 1 is 1.04 bits per heavy atom. The molecule has 0 unspecified atom stereocenters. The third-order valence-electron chi connectivity index (χ3n) is 4.02. The van der Waals surface area contributed by atoms with E-state index in [1.807, 2.05) is 42.5 Å². The van der Waals surface area contributed by atoms with Gasteiger partial charge in [0.15, 0.2) is 0 Å². The molecule has 0 heterocycles. The lowest BCUT2D eigenvalue weighted by Gasteiger charge is -2.21. The monoisotopic (exact) mass is 341 g/mol. The molecule has 3 N–H and O–H groups in total. The van der Waals surface area contributed by atoms with Gasteiger partial charge in [0.25, 0.3) is 0 Å². The molecule has 0 spiro atoms. The highest BCUT2D eigenvalue weighted by molar-refractivity contribution is 5.78. The summed E-state index contributed by atoms with van der Waals surface area (Å²) in [4.78, 5) is 14.3. The third-order valence-corrected chi connectivity index (χ3v) is 4.02. The molecule has 1 amide bonds. The first-order valence-electron chi connectivity index (χ1n) is 8.57. The second-order valence-corrected chi connectivity index (χ2v) is 5.93. The van der Waals surface area contributed by atoms with Gasteiger partial charge in [-0.1, -0.05) is 42.5 Å². The van der Waals surface area contributed by atoms with Gasteiger partial charge < -0.3 is 15.8 Å². The first-order valence-corrected chi connectivity index (χ1v) is 8.57. The standard InChI is InChI=1S/C20H27N3O2/c1-25-19-9-7-18(8-10-19)15-22-20(24)16-23(14-12-21)13-11-17-5-3-2-4-6-17/h2-10H,11-16,21H2,1H3,(H,22,24). The molecule has 0 atom stereocenters. The van der Waals surface area contributed by atoms with Gasteiger partial charge in [0.05, 0.1) is 13.7 Å². The highest BCUT2D eigenvalue weighted by Gasteiger charge is 2.10. The number of rotatable bonds is 10. The molecule has 0 aliphatic rings. The summed E-state index contributed by atoms with van der Waals surface area (Å²) in [7, 11) is 1.64. The second-order valence-electron chi connectivity index (χ2n) is 5.93. The van der Waals surface area contributed by atoms with Gasteiger partial charge in [-0.3, -0.25) is 9.69 Å². The van der Waals surface area contributed by atoms with E-state index in [0.29, 0.717) is 26.2 Å². The summed E-state index contributed by atoms with van der Waals surface area (Å²) in [6.45, 7) is 2.94. The molecule has 0 aliphatic carbocycles. The minimum Gasteiger partial charge on any atom is -0.497 e. The average Bonchev–Trinajstić information content (AvgIpc) is 2.66. The quantitative estimate of drug-likeness (QED) is 0.692. The first kappa shape index (κ1) is 19.0. The Bertz CT molecular complexity index is 629. The van der Waals surface area contributed by atoms with Crippen LogP contribution in [0.3, 0.4) is 0 Å². The number of methoxy groups -OCH3 is 1. The number of amides is 1. The fraction of sp³-hybridized carbons (Fsp3) is 0.350. The Balaban J connectivity index is 1.78. The summed E-state index contributed by atoms with van der Waals surface area (Å²) in [5.41, 5.74) is 7.99. The number of hydrogen-bond acceptors (Lipinski definition) is 4. The Kier molecular flexibility index (Phi) is 7.95. The van der Waals surface area contributed by atoms with Crippen molar-refractivity contribution in [3.63, 3.8) is 0 Å². The summed E-state index contributed by atoms with van der Waals surface area (Å²) < 4.78 is 5.13. The molecule has 25 heavy (non-hydrogen) atoms. The van der Waals surface area contributed by atoms with E-state index in [0.717, 1.165) is 24.3 Å². The zero-order valence-corrected chi connectivity index (χ0v) is 14.8. The van der Waals surface area contributed by atoms with E-state index in [1.54, 1.807) is 7.11 Å². The summed E-state index contributed by atoms with van der Waals surface area (Å²) in [5, 5.41) is 2.96. The van der Waals surface area contributed by atoms with Gasteiger partial charge in [-0.05, 0) is 29.7 Å². The zero-order chi connectivity index (χ0) is 17.9. The summed E-state index contributed by atoms with van der Waals surface area (Å²) in [6.07, 6.45) is 0.909. The molecule has 2 aromatic rings. The van der Waals surface area contributed by atoms with Crippen molar-refractivity contribution in [1.29, 1.82) is 0 Å². The lowest BCUT2D eigenvalue weighted by Crippen LogP contribution is -2.40. The molecule has 0 radical (unpaired) electrons. The van der Waals surface area contributed by atoms with Gasteiger partial charge in [0, 0.05) is 26.2 Å². The molecule has 0 saturated carbocycles. The molecule has 2 rings (SSSR count). The number of nitrogens with one attached hydrogen (secondary N) is 1. The van der Waals surface area contributed by atoms with Gasteiger partial charge in [-0.25, -0.2) is 0 Å². The molecular weight excluding hydrogens is 314 g/mol. The van der Waals surface area contributed by atoms with Gasteiger partial charge in [0.1, 0.15) is 5.75 Å². The van der Waals surface area contributed by atoms with Crippen molar-refractivity contribution >= 4 is 5.91 Å². The predicted octanol–water partition coefficient (Wildman–Crippen LogP) is 1.81. The average molecular weight is 341 g/mol. The Labute approximate surface area is 149 Å². The van der Waals surface area contributed by atoms with Gasteiger partial charge in [0.2, 0.25) is 5.91 Å². The number of ether oxygens (including phenoxy) is 1. The topological polar surface area (TPSA) is 67.6 Å². The van der Waals surface area contributed by atoms with E-state index in [1.165, 1.54) is 5.56 Å². The van der Waals surface area contributed by atoms with Crippen molar-refractivity contribution in [2.45, 2.75) is 13.0 Å². The molecule has 5 nitrogen and oxygen atoms in total. The van der Waals surface area contributed by atoms with Crippen molar-refractivity contribution < 1.29 is 9.53 Å². The Hall–Kier alpha value is -2.37. The highest BCUT2D eigenvalue weighted by atomic mass is 16.5. The van der Waals surface area contributed by atoms with E-state index < -0.39 is 0 Å². The van der Waals surface area contributed by atoms with Crippen LogP contribution < -0.4 is 15.8 Å². The van der Waals surface area contributed by atoms with Crippen molar-refractivity contribution in [3.05, 3.63) is 65.7 Å². The van der Waals surface area contributed by atoms with Crippen LogP contribution in [0.15, 0.2) is 54.6 Å². The molecule has 0 bridgehead atoms. The smallest absolute Gasteiger partial charge is 0.234 e. The van der Waals surface area contributed by atoms with Crippen molar-refractivity contribution in [2.24, 2.45) is 5.73 Å². The minimum atomic E-state index is 0.0114. The van der Waals surface area contributed by atoms with Crippen LogP contribution in [0, 0.1) is 0 Å². The van der Waals surface area contributed by atoms with Gasteiger partial charge >= 0.3 is 0 Å². The van der Waals surface area contributed by atoms with E-state index in [2.05, 4.69) is 22.3 Å². The van der Waals surface area contributed by atoms with Crippen LogP contribution in [0.2, 0.25) is 0 Å². The fourth-order valence-electron chi connectivity index (χ4n) is 2.59. The highest BCUT2D eigenvalue weighted by Crippen LogP contribution is 2.10.